The summed E-state index contributed by atoms with van der Waals surface area (Å²) in [5.74, 6) is 1.06. The molecule has 0 unspecified atom stereocenters. The molecule has 23 heavy (non-hydrogen) atoms. The smallest absolute Gasteiger partial charge is 0.133 e. The Labute approximate surface area is 147 Å². The highest BCUT2D eigenvalue weighted by atomic mass is 79.9. The summed E-state index contributed by atoms with van der Waals surface area (Å²) in [6.45, 7) is 2.97. The number of fused-ring (bicyclic) bond motifs is 1. The Hall–Kier alpha value is -1.85. The molecule has 0 radical (unpaired) electrons. The van der Waals surface area contributed by atoms with Crippen LogP contribution in [-0.2, 0) is 6.42 Å². The number of anilines is 1. The van der Waals surface area contributed by atoms with Gasteiger partial charge in [-0.25, -0.2) is 4.68 Å². The molecule has 1 aliphatic rings. The lowest BCUT2D eigenvalue weighted by Crippen LogP contribution is -2.05. The standard InChI is InChI=1S/C17H14BrClN4/c1-10-6-13(19)2-3-15(10)23-17-14(4-5-21-17)16(22-23)11-7-12(18)9-20-8-11/h2-3,6-9,21H,4-5H2,1H3. The van der Waals surface area contributed by atoms with Crippen LogP contribution in [0.1, 0.15) is 11.1 Å². The van der Waals surface area contributed by atoms with Gasteiger partial charge in [0.1, 0.15) is 5.82 Å². The average molecular weight is 390 g/mol. The second-order valence-corrected chi connectivity index (χ2v) is 6.94. The molecule has 0 fully saturated rings. The summed E-state index contributed by atoms with van der Waals surface area (Å²) in [7, 11) is 0. The number of rotatable bonds is 2. The first kappa shape index (κ1) is 14.7. The second kappa shape index (κ2) is 5.65. The zero-order valence-electron chi connectivity index (χ0n) is 12.5. The number of nitrogens with one attached hydrogen (secondary N) is 1. The van der Waals surface area contributed by atoms with E-state index in [1.165, 1.54) is 5.56 Å². The molecule has 0 amide bonds. The van der Waals surface area contributed by atoms with Crippen molar-refractivity contribution < 1.29 is 0 Å². The van der Waals surface area contributed by atoms with Gasteiger partial charge in [0.15, 0.2) is 0 Å². The lowest BCUT2D eigenvalue weighted by Gasteiger charge is -2.09. The van der Waals surface area contributed by atoms with Gasteiger partial charge in [0.25, 0.3) is 0 Å². The van der Waals surface area contributed by atoms with Gasteiger partial charge in [-0.1, -0.05) is 11.6 Å². The first-order chi connectivity index (χ1) is 11.1. The predicted molar refractivity (Wildman–Crippen MR) is 96.4 cm³/mol. The SMILES string of the molecule is Cc1cc(Cl)ccc1-n1nc(-c2cncc(Br)c2)c2c1NCC2. The van der Waals surface area contributed by atoms with Crippen molar-refractivity contribution >= 4 is 33.3 Å². The highest BCUT2D eigenvalue weighted by Gasteiger charge is 2.24. The van der Waals surface area contributed by atoms with E-state index in [1.54, 1.807) is 6.20 Å². The largest absolute Gasteiger partial charge is 0.369 e. The quantitative estimate of drug-likeness (QED) is 0.695. The number of aromatic nitrogens is 3. The summed E-state index contributed by atoms with van der Waals surface area (Å²) in [4.78, 5) is 4.26. The van der Waals surface area contributed by atoms with Crippen molar-refractivity contribution in [1.82, 2.24) is 14.8 Å². The number of benzene rings is 1. The molecule has 1 N–H and O–H groups in total. The van der Waals surface area contributed by atoms with E-state index in [2.05, 4.69) is 26.2 Å². The summed E-state index contributed by atoms with van der Waals surface area (Å²) in [5, 5.41) is 9.04. The molecular weight excluding hydrogens is 376 g/mol. The minimum atomic E-state index is 0.736. The van der Waals surface area contributed by atoms with E-state index >= 15 is 0 Å². The summed E-state index contributed by atoms with van der Waals surface area (Å²) in [6, 6.07) is 7.91. The fraction of sp³-hybridized carbons (Fsp3) is 0.176. The average Bonchev–Trinajstić information content (AvgIpc) is 3.10. The molecule has 0 bridgehead atoms. The van der Waals surface area contributed by atoms with Crippen LogP contribution in [0.3, 0.4) is 0 Å². The van der Waals surface area contributed by atoms with Gasteiger partial charge in [0, 0.05) is 39.6 Å². The predicted octanol–water partition coefficient (Wildman–Crippen LogP) is 4.63. The van der Waals surface area contributed by atoms with Gasteiger partial charge in [-0.15, -0.1) is 0 Å². The Morgan fingerprint density at radius 2 is 2.13 bits per heavy atom. The van der Waals surface area contributed by atoms with E-state index in [1.807, 2.05) is 42.1 Å². The van der Waals surface area contributed by atoms with Crippen molar-refractivity contribution in [3.05, 3.63) is 57.3 Å². The molecular formula is C17H14BrClN4. The van der Waals surface area contributed by atoms with Crippen molar-refractivity contribution in [2.75, 3.05) is 11.9 Å². The zero-order chi connectivity index (χ0) is 16.0. The minimum absolute atomic E-state index is 0.736. The Morgan fingerprint density at radius 1 is 1.26 bits per heavy atom. The lowest BCUT2D eigenvalue weighted by atomic mass is 10.1. The van der Waals surface area contributed by atoms with E-state index < -0.39 is 0 Å². The molecule has 3 heterocycles. The number of nitrogens with zero attached hydrogens (tertiary/aromatic N) is 3. The zero-order valence-corrected chi connectivity index (χ0v) is 14.8. The van der Waals surface area contributed by atoms with E-state index in [0.29, 0.717) is 0 Å². The number of aryl methyl sites for hydroxylation is 1. The molecule has 2 aromatic heterocycles. The maximum absolute atomic E-state index is 6.08. The fourth-order valence-electron chi connectivity index (χ4n) is 2.98. The number of pyridine rings is 1. The van der Waals surface area contributed by atoms with Gasteiger partial charge in [-0.3, -0.25) is 4.98 Å². The maximum atomic E-state index is 6.08. The normalized spacial score (nSPS) is 13.0. The second-order valence-electron chi connectivity index (χ2n) is 5.59. The van der Waals surface area contributed by atoms with Crippen LogP contribution in [0.4, 0.5) is 5.82 Å². The van der Waals surface area contributed by atoms with Crippen molar-refractivity contribution in [2.45, 2.75) is 13.3 Å². The molecule has 1 aromatic carbocycles. The van der Waals surface area contributed by atoms with Crippen LogP contribution in [0.2, 0.25) is 5.02 Å². The van der Waals surface area contributed by atoms with Gasteiger partial charge >= 0.3 is 0 Å². The molecule has 0 atom stereocenters. The third-order valence-corrected chi connectivity index (χ3v) is 4.69. The highest BCUT2D eigenvalue weighted by Crippen LogP contribution is 2.35. The minimum Gasteiger partial charge on any atom is -0.369 e. The molecule has 1 aliphatic heterocycles. The number of halogens is 2. The Balaban J connectivity index is 1.91. The summed E-state index contributed by atoms with van der Waals surface area (Å²) < 4.78 is 2.93. The summed E-state index contributed by atoms with van der Waals surface area (Å²) in [5.41, 5.74) is 5.36. The van der Waals surface area contributed by atoms with E-state index in [-0.39, 0.29) is 0 Å². The molecule has 4 nitrogen and oxygen atoms in total. The van der Waals surface area contributed by atoms with Crippen molar-refractivity contribution in [2.24, 2.45) is 0 Å². The molecule has 3 aromatic rings. The monoisotopic (exact) mass is 388 g/mol. The van der Waals surface area contributed by atoms with Crippen molar-refractivity contribution in [1.29, 1.82) is 0 Å². The van der Waals surface area contributed by atoms with Crippen LogP contribution in [0.25, 0.3) is 16.9 Å². The van der Waals surface area contributed by atoms with Gasteiger partial charge in [0.05, 0.1) is 11.4 Å². The van der Waals surface area contributed by atoms with Crippen LogP contribution in [0.5, 0.6) is 0 Å². The summed E-state index contributed by atoms with van der Waals surface area (Å²) in [6.07, 6.45) is 4.59. The van der Waals surface area contributed by atoms with E-state index in [9.17, 15) is 0 Å². The molecule has 4 rings (SSSR count). The topological polar surface area (TPSA) is 42.7 Å². The number of hydrogen-bond acceptors (Lipinski definition) is 3. The van der Waals surface area contributed by atoms with Gasteiger partial charge in [0.2, 0.25) is 0 Å². The van der Waals surface area contributed by atoms with Crippen LogP contribution in [0, 0.1) is 6.92 Å². The van der Waals surface area contributed by atoms with Gasteiger partial charge < -0.3 is 5.32 Å². The molecule has 0 saturated heterocycles. The van der Waals surface area contributed by atoms with E-state index in [0.717, 1.165) is 50.8 Å². The van der Waals surface area contributed by atoms with Crippen LogP contribution in [0.15, 0.2) is 41.1 Å². The Kier molecular flexibility index (Phi) is 3.62. The van der Waals surface area contributed by atoms with Crippen LogP contribution in [-0.4, -0.2) is 21.3 Å². The van der Waals surface area contributed by atoms with Crippen molar-refractivity contribution in [3.8, 4) is 16.9 Å². The first-order valence-corrected chi connectivity index (χ1v) is 8.54. The Morgan fingerprint density at radius 3 is 2.91 bits per heavy atom. The first-order valence-electron chi connectivity index (χ1n) is 7.37. The van der Waals surface area contributed by atoms with Gasteiger partial charge in [-0.05, 0) is 59.1 Å². The van der Waals surface area contributed by atoms with Crippen LogP contribution >= 0.6 is 27.5 Å². The maximum Gasteiger partial charge on any atom is 0.133 e. The fourth-order valence-corrected chi connectivity index (χ4v) is 3.57. The van der Waals surface area contributed by atoms with Crippen molar-refractivity contribution in [3.63, 3.8) is 0 Å². The molecule has 6 heteroatoms. The third kappa shape index (κ3) is 2.54. The molecule has 0 spiro atoms. The van der Waals surface area contributed by atoms with Gasteiger partial charge in [-0.2, -0.15) is 5.10 Å². The lowest BCUT2D eigenvalue weighted by molar-refractivity contribution is 0.875. The highest BCUT2D eigenvalue weighted by molar-refractivity contribution is 9.10. The van der Waals surface area contributed by atoms with Crippen LogP contribution < -0.4 is 5.32 Å². The molecule has 0 saturated carbocycles. The number of hydrogen-bond donors (Lipinski definition) is 1. The summed E-state index contributed by atoms with van der Waals surface area (Å²) >= 11 is 9.57. The molecule has 0 aliphatic carbocycles. The third-order valence-electron chi connectivity index (χ3n) is 4.02. The Bertz CT molecular complexity index is 904. The molecule has 116 valence electrons. The van der Waals surface area contributed by atoms with E-state index in [4.69, 9.17) is 16.7 Å².